The topological polar surface area (TPSA) is 65.8 Å². The van der Waals surface area contributed by atoms with Crippen molar-refractivity contribution >= 4 is 5.91 Å². The van der Waals surface area contributed by atoms with Crippen molar-refractivity contribution in [1.82, 2.24) is 9.80 Å². The number of carbonyl (C=O) groups excluding carboxylic acids is 1. The number of ether oxygens (including phenoxy) is 2. The largest absolute Gasteiger partial charge is 0.379 e. The predicted octanol–water partition coefficient (Wildman–Crippen LogP) is 2.75. The van der Waals surface area contributed by atoms with Gasteiger partial charge in [-0.15, -0.1) is 0 Å². The second-order valence-electron chi connectivity index (χ2n) is 6.96. The SMILES string of the molecule is CO[C@H]1[C@H](N2CCOCC2)c2ccccc2[C@@H](C#N)N1C(=O)c1ccccc1. The number of nitriles is 1. The van der Waals surface area contributed by atoms with Gasteiger partial charge in [0.05, 0.1) is 25.3 Å². The van der Waals surface area contributed by atoms with E-state index in [1.54, 1.807) is 24.1 Å². The van der Waals surface area contributed by atoms with Crippen LogP contribution in [0.1, 0.15) is 33.6 Å². The molecule has 0 bridgehead atoms. The Morgan fingerprint density at radius 3 is 2.36 bits per heavy atom. The summed E-state index contributed by atoms with van der Waals surface area (Å²) in [5.41, 5.74) is 2.45. The minimum absolute atomic E-state index is 0.151. The van der Waals surface area contributed by atoms with Crippen LogP contribution in [0.5, 0.6) is 0 Å². The first-order valence-electron chi connectivity index (χ1n) is 9.47. The summed E-state index contributed by atoms with van der Waals surface area (Å²) in [7, 11) is 1.60. The van der Waals surface area contributed by atoms with Crippen LogP contribution in [0.2, 0.25) is 0 Å². The van der Waals surface area contributed by atoms with Gasteiger partial charge in [0.15, 0.2) is 6.23 Å². The van der Waals surface area contributed by atoms with Gasteiger partial charge in [-0.05, 0) is 23.3 Å². The van der Waals surface area contributed by atoms with Crippen molar-refractivity contribution in [2.45, 2.75) is 18.3 Å². The zero-order valence-electron chi connectivity index (χ0n) is 15.8. The smallest absolute Gasteiger partial charge is 0.257 e. The van der Waals surface area contributed by atoms with Crippen molar-refractivity contribution < 1.29 is 14.3 Å². The number of fused-ring (bicyclic) bond motifs is 1. The summed E-state index contributed by atoms with van der Waals surface area (Å²) in [5, 5.41) is 9.98. The molecule has 2 aliphatic rings. The molecular formula is C22H23N3O3. The third kappa shape index (κ3) is 3.18. The molecule has 0 spiro atoms. The fourth-order valence-electron chi connectivity index (χ4n) is 4.20. The standard InChI is InChI=1S/C22H23N3O3/c1-27-22-20(24-11-13-28-14-12-24)18-10-6-5-9-17(18)19(15-23)25(22)21(26)16-7-3-2-4-8-16/h2-10,19-20,22H,11-14H2,1H3/t19-,20-,22+/m1/s1. The number of hydrogen-bond donors (Lipinski definition) is 0. The van der Waals surface area contributed by atoms with Crippen LogP contribution in [-0.2, 0) is 9.47 Å². The summed E-state index contributed by atoms with van der Waals surface area (Å²) in [6.45, 7) is 2.79. The predicted molar refractivity (Wildman–Crippen MR) is 103 cm³/mol. The summed E-state index contributed by atoms with van der Waals surface area (Å²) in [5.74, 6) is -0.202. The molecule has 0 saturated carbocycles. The Morgan fingerprint density at radius 1 is 1.07 bits per heavy atom. The molecule has 2 aliphatic heterocycles. The molecule has 1 amide bonds. The van der Waals surface area contributed by atoms with E-state index in [2.05, 4.69) is 11.0 Å². The van der Waals surface area contributed by atoms with E-state index in [4.69, 9.17) is 9.47 Å². The molecule has 144 valence electrons. The van der Waals surface area contributed by atoms with Crippen molar-refractivity contribution in [2.24, 2.45) is 0 Å². The van der Waals surface area contributed by atoms with E-state index in [9.17, 15) is 10.1 Å². The molecule has 2 aromatic rings. The molecule has 1 saturated heterocycles. The molecule has 2 aromatic carbocycles. The molecule has 6 heteroatoms. The monoisotopic (exact) mass is 377 g/mol. The summed E-state index contributed by atoms with van der Waals surface area (Å²) >= 11 is 0. The Labute approximate surface area is 164 Å². The van der Waals surface area contributed by atoms with E-state index in [-0.39, 0.29) is 11.9 Å². The lowest BCUT2D eigenvalue weighted by Crippen LogP contribution is -2.56. The van der Waals surface area contributed by atoms with E-state index in [1.807, 2.05) is 42.5 Å². The number of nitrogens with zero attached hydrogens (tertiary/aromatic N) is 3. The Morgan fingerprint density at radius 2 is 1.71 bits per heavy atom. The highest BCUT2D eigenvalue weighted by Crippen LogP contribution is 2.42. The molecule has 0 unspecified atom stereocenters. The molecule has 28 heavy (non-hydrogen) atoms. The van der Waals surface area contributed by atoms with Gasteiger partial charge in [-0.3, -0.25) is 14.6 Å². The third-order valence-corrected chi connectivity index (χ3v) is 5.49. The van der Waals surface area contributed by atoms with E-state index >= 15 is 0 Å². The maximum absolute atomic E-state index is 13.4. The zero-order chi connectivity index (χ0) is 19.5. The van der Waals surface area contributed by atoms with Crippen LogP contribution in [0, 0.1) is 11.3 Å². The number of rotatable bonds is 3. The van der Waals surface area contributed by atoms with Crippen LogP contribution in [0.25, 0.3) is 0 Å². The first kappa shape index (κ1) is 18.6. The van der Waals surface area contributed by atoms with Crippen molar-refractivity contribution in [3.05, 3.63) is 71.3 Å². The van der Waals surface area contributed by atoms with Crippen LogP contribution in [0.4, 0.5) is 0 Å². The molecule has 4 rings (SSSR count). The van der Waals surface area contributed by atoms with E-state index in [1.165, 1.54) is 0 Å². The third-order valence-electron chi connectivity index (χ3n) is 5.49. The molecule has 0 aromatic heterocycles. The van der Waals surface area contributed by atoms with Gasteiger partial charge in [0.1, 0.15) is 6.04 Å². The average molecular weight is 377 g/mol. The second kappa shape index (κ2) is 8.11. The molecular weight excluding hydrogens is 354 g/mol. The van der Waals surface area contributed by atoms with Crippen LogP contribution in [0.15, 0.2) is 54.6 Å². The number of amides is 1. The lowest BCUT2D eigenvalue weighted by atomic mass is 9.87. The summed E-state index contributed by atoms with van der Waals surface area (Å²) in [6.07, 6.45) is -0.564. The Bertz CT molecular complexity index is 874. The first-order chi connectivity index (χ1) is 13.8. The van der Waals surface area contributed by atoms with E-state index < -0.39 is 12.3 Å². The highest BCUT2D eigenvalue weighted by molar-refractivity contribution is 5.95. The first-order valence-corrected chi connectivity index (χ1v) is 9.47. The second-order valence-corrected chi connectivity index (χ2v) is 6.96. The maximum atomic E-state index is 13.4. The van der Waals surface area contributed by atoms with Crippen LogP contribution in [-0.4, -0.2) is 55.3 Å². The fourth-order valence-corrected chi connectivity index (χ4v) is 4.20. The van der Waals surface area contributed by atoms with Gasteiger partial charge in [0, 0.05) is 25.8 Å². The zero-order valence-corrected chi connectivity index (χ0v) is 15.8. The summed E-state index contributed by atoms with van der Waals surface area (Å²) in [4.78, 5) is 17.3. The fraction of sp³-hybridized carbons (Fsp3) is 0.364. The van der Waals surface area contributed by atoms with Gasteiger partial charge >= 0.3 is 0 Å². The molecule has 1 fully saturated rings. The van der Waals surface area contributed by atoms with E-state index in [0.29, 0.717) is 18.8 Å². The average Bonchev–Trinajstić information content (AvgIpc) is 2.78. The van der Waals surface area contributed by atoms with Crippen molar-refractivity contribution in [2.75, 3.05) is 33.4 Å². The van der Waals surface area contributed by atoms with Gasteiger partial charge in [-0.25, -0.2) is 0 Å². The number of methoxy groups -OCH3 is 1. The summed E-state index contributed by atoms with van der Waals surface area (Å²) in [6, 6.07) is 18.4. The summed E-state index contributed by atoms with van der Waals surface area (Å²) < 4.78 is 11.4. The Hall–Kier alpha value is -2.72. The Kier molecular flexibility index (Phi) is 5.40. The Balaban J connectivity index is 1.83. The minimum atomic E-state index is -0.703. The lowest BCUT2D eigenvalue weighted by molar-refractivity contribution is -0.107. The number of morpholine rings is 1. The van der Waals surface area contributed by atoms with Gasteiger partial charge in [0.25, 0.3) is 5.91 Å². The highest BCUT2D eigenvalue weighted by Gasteiger charge is 2.46. The number of carbonyl (C=O) groups is 1. The number of hydrogen-bond acceptors (Lipinski definition) is 5. The highest BCUT2D eigenvalue weighted by atomic mass is 16.5. The van der Waals surface area contributed by atoms with Gasteiger partial charge in [0.2, 0.25) is 0 Å². The molecule has 2 heterocycles. The van der Waals surface area contributed by atoms with Crippen molar-refractivity contribution in [3.63, 3.8) is 0 Å². The van der Waals surface area contributed by atoms with Gasteiger partial charge in [-0.2, -0.15) is 5.26 Å². The van der Waals surface area contributed by atoms with Crippen LogP contribution >= 0.6 is 0 Å². The van der Waals surface area contributed by atoms with Crippen molar-refractivity contribution in [3.8, 4) is 6.07 Å². The number of benzene rings is 2. The quantitative estimate of drug-likeness (QED) is 0.823. The van der Waals surface area contributed by atoms with Gasteiger partial charge in [-0.1, -0.05) is 42.5 Å². The molecule has 6 nitrogen and oxygen atoms in total. The normalized spacial score (nSPS) is 25.0. The molecule has 0 N–H and O–H groups in total. The van der Waals surface area contributed by atoms with Crippen LogP contribution in [0.3, 0.4) is 0 Å². The minimum Gasteiger partial charge on any atom is -0.379 e. The molecule has 0 radical (unpaired) electrons. The molecule has 0 aliphatic carbocycles. The molecule has 3 atom stereocenters. The lowest BCUT2D eigenvalue weighted by Gasteiger charge is -2.48. The maximum Gasteiger partial charge on any atom is 0.257 e. The van der Waals surface area contributed by atoms with Crippen molar-refractivity contribution in [1.29, 1.82) is 5.26 Å². The van der Waals surface area contributed by atoms with E-state index in [0.717, 1.165) is 24.2 Å². The van der Waals surface area contributed by atoms with Crippen LogP contribution < -0.4 is 0 Å². The van der Waals surface area contributed by atoms with Gasteiger partial charge < -0.3 is 9.47 Å².